The van der Waals surface area contributed by atoms with Crippen molar-refractivity contribution in [3.05, 3.63) is 46.3 Å². The molecule has 0 radical (unpaired) electrons. The molecule has 9 nitrogen and oxygen atoms in total. The minimum Gasteiger partial charge on any atom is -0.465 e. The van der Waals surface area contributed by atoms with Gasteiger partial charge in [0.05, 0.1) is 23.3 Å². The third-order valence-corrected chi connectivity index (χ3v) is 3.52. The fraction of sp³-hybridized carbons (Fsp3) is 0.312. The summed E-state index contributed by atoms with van der Waals surface area (Å²) in [6.07, 6.45) is 2.04. The Kier molecular flexibility index (Phi) is 5.83. The van der Waals surface area contributed by atoms with E-state index in [4.69, 9.17) is 4.74 Å². The van der Waals surface area contributed by atoms with Crippen molar-refractivity contribution in [1.29, 1.82) is 0 Å². The Bertz CT molecular complexity index is 781. The maximum absolute atomic E-state index is 12.0. The number of ether oxygens (including phenoxy) is 1. The van der Waals surface area contributed by atoms with Crippen molar-refractivity contribution in [3.8, 4) is 0 Å². The highest BCUT2D eigenvalue weighted by molar-refractivity contribution is 5.97. The summed E-state index contributed by atoms with van der Waals surface area (Å²) in [5, 5.41) is 14.5. The Balaban J connectivity index is 2.55. The number of anilines is 3. The summed E-state index contributed by atoms with van der Waals surface area (Å²) in [6, 6.07) is 6.66. The molecule has 0 spiro atoms. The SMILES string of the molecule is CCCNc1ncnc(N(C)c2ccccc2C(=O)OC)c1[N+](=O)[O-]. The maximum Gasteiger partial charge on any atom is 0.353 e. The van der Waals surface area contributed by atoms with Crippen molar-refractivity contribution in [2.75, 3.05) is 30.9 Å². The number of rotatable bonds is 7. The molecule has 2 aromatic rings. The highest BCUT2D eigenvalue weighted by atomic mass is 16.6. The molecule has 0 aliphatic carbocycles. The van der Waals surface area contributed by atoms with Crippen molar-refractivity contribution < 1.29 is 14.5 Å². The fourth-order valence-electron chi connectivity index (χ4n) is 2.32. The second-order valence-electron chi connectivity index (χ2n) is 5.15. The van der Waals surface area contributed by atoms with Crippen LogP contribution in [0.25, 0.3) is 0 Å². The maximum atomic E-state index is 12.0. The van der Waals surface area contributed by atoms with Gasteiger partial charge in [0.1, 0.15) is 6.33 Å². The van der Waals surface area contributed by atoms with Gasteiger partial charge >= 0.3 is 11.7 Å². The molecule has 0 bridgehead atoms. The topological polar surface area (TPSA) is 110 Å². The predicted octanol–water partition coefficient (Wildman–Crippen LogP) is 2.76. The third kappa shape index (κ3) is 3.82. The minimum atomic E-state index is -0.538. The van der Waals surface area contributed by atoms with Gasteiger partial charge in [0.25, 0.3) is 0 Å². The van der Waals surface area contributed by atoms with Gasteiger partial charge in [0, 0.05) is 13.6 Å². The number of hydrogen-bond acceptors (Lipinski definition) is 8. The number of nitro groups is 1. The normalized spacial score (nSPS) is 10.2. The molecule has 0 amide bonds. The summed E-state index contributed by atoms with van der Waals surface area (Å²) in [5.41, 5.74) is 0.471. The molecule has 25 heavy (non-hydrogen) atoms. The van der Waals surface area contributed by atoms with E-state index < -0.39 is 10.9 Å². The molecule has 1 aromatic carbocycles. The Morgan fingerprint density at radius 1 is 1.36 bits per heavy atom. The lowest BCUT2D eigenvalue weighted by Crippen LogP contribution is -2.18. The van der Waals surface area contributed by atoms with Crippen LogP contribution in [0.15, 0.2) is 30.6 Å². The van der Waals surface area contributed by atoms with E-state index >= 15 is 0 Å². The highest BCUT2D eigenvalue weighted by Gasteiger charge is 2.27. The van der Waals surface area contributed by atoms with Gasteiger partial charge in [-0.05, 0) is 18.6 Å². The van der Waals surface area contributed by atoms with Gasteiger partial charge in [0.15, 0.2) is 0 Å². The molecule has 0 atom stereocenters. The molecular weight excluding hydrogens is 326 g/mol. The number of nitrogens with one attached hydrogen (secondary N) is 1. The summed E-state index contributed by atoms with van der Waals surface area (Å²) >= 11 is 0. The Hall–Kier alpha value is -3.23. The van der Waals surface area contributed by atoms with Gasteiger partial charge in [-0.25, -0.2) is 14.8 Å². The van der Waals surface area contributed by atoms with Gasteiger partial charge < -0.3 is 15.0 Å². The van der Waals surface area contributed by atoms with Crippen LogP contribution in [-0.2, 0) is 4.74 Å². The number of methoxy groups -OCH3 is 1. The van der Waals surface area contributed by atoms with Crippen LogP contribution in [0.4, 0.5) is 23.0 Å². The first kappa shape index (κ1) is 18.1. The molecule has 1 N–H and O–H groups in total. The number of esters is 1. The number of carbonyl (C=O) groups excluding carboxylic acids is 1. The van der Waals surface area contributed by atoms with Crippen LogP contribution >= 0.6 is 0 Å². The summed E-state index contributed by atoms with van der Waals surface area (Å²) in [7, 11) is 2.87. The zero-order valence-electron chi connectivity index (χ0n) is 14.2. The average Bonchev–Trinajstić information content (AvgIpc) is 2.64. The van der Waals surface area contributed by atoms with Crippen molar-refractivity contribution in [3.63, 3.8) is 0 Å². The molecule has 0 aliphatic heterocycles. The van der Waals surface area contributed by atoms with Crippen molar-refractivity contribution >= 4 is 29.0 Å². The van der Waals surface area contributed by atoms with Gasteiger partial charge in [-0.1, -0.05) is 19.1 Å². The number of carbonyl (C=O) groups is 1. The van der Waals surface area contributed by atoms with E-state index in [1.165, 1.54) is 18.3 Å². The summed E-state index contributed by atoms with van der Waals surface area (Å²) in [6.45, 7) is 2.49. The van der Waals surface area contributed by atoms with Crippen LogP contribution in [0.3, 0.4) is 0 Å². The van der Waals surface area contributed by atoms with Crippen LogP contribution in [-0.4, -0.2) is 41.6 Å². The van der Waals surface area contributed by atoms with Crippen molar-refractivity contribution in [1.82, 2.24) is 9.97 Å². The number of benzene rings is 1. The smallest absolute Gasteiger partial charge is 0.353 e. The van der Waals surface area contributed by atoms with Crippen molar-refractivity contribution in [2.24, 2.45) is 0 Å². The Morgan fingerprint density at radius 2 is 2.08 bits per heavy atom. The van der Waals surface area contributed by atoms with Gasteiger partial charge in [-0.3, -0.25) is 10.1 Å². The fourth-order valence-corrected chi connectivity index (χ4v) is 2.32. The molecule has 0 unspecified atom stereocenters. The number of nitrogens with zero attached hydrogens (tertiary/aromatic N) is 4. The van der Waals surface area contributed by atoms with E-state index in [0.717, 1.165) is 6.42 Å². The Morgan fingerprint density at radius 3 is 2.72 bits per heavy atom. The molecule has 1 heterocycles. The Labute approximate surface area is 144 Å². The molecule has 132 valence electrons. The van der Waals surface area contributed by atoms with E-state index in [1.54, 1.807) is 31.3 Å². The van der Waals surface area contributed by atoms with Crippen molar-refractivity contribution in [2.45, 2.75) is 13.3 Å². The molecule has 0 fully saturated rings. The van der Waals surface area contributed by atoms with Crippen LogP contribution in [0, 0.1) is 10.1 Å². The monoisotopic (exact) mass is 345 g/mol. The zero-order valence-corrected chi connectivity index (χ0v) is 14.2. The van der Waals surface area contributed by atoms with E-state index in [0.29, 0.717) is 12.2 Å². The highest BCUT2D eigenvalue weighted by Crippen LogP contribution is 2.36. The van der Waals surface area contributed by atoms with Gasteiger partial charge in [-0.15, -0.1) is 0 Å². The van der Waals surface area contributed by atoms with Crippen LogP contribution in [0.1, 0.15) is 23.7 Å². The first-order valence-electron chi connectivity index (χ1n) is 7.65. The number of hydrogen-bond donors (Lipinski definition) is 1. The van der Waals surface area contributed by atoms with Crippen LogP contribution < -0.4 is 10.2 Å². The first-order chi connectivity index (χ1) is 12.0. The molecule has 1 aromatic heterocycles. The average molecular weight is 345 g/mol. The lowest BCUT2D eigenvalue weighted by Gasteiger charge is -2.21. The van der Waals surface area contributed by atoms with E-state index in [2.05, 4.69) is 15.3 Å². The largest absolute Gasteiger partial charge is 0.465 e. The summed E-state index contributed by atoms with van der Waals surface area (Å²) in [4.78, 5) is 32.5. The van der Waals surface area contributed by atoms with Crippen LogP contribution in [0.2, 0.25) is 0 Å². The molecule has 0 saturated heterocycles. The lowest BCUT2D eigenvalue weighted by atomic mass is 10.1. The van der Waals surface area contributed by atoms with E-state index in [1.807, 2.05) is 6.92 Å². The minimum absolute atomic E-state index is 0.0787. The van der Waals surface area contributed by atoms with Gasteiger partial charge in [-0.2, -0.15) is 0 Å². The number of aromatic nitrogens is 2. The standard InChI is InChI=1S/C16H19N5O4/c1-4-9-17-14-13(21(23)24)15(19-10-18-14)20(2)12-8-6-5-7-11(12)16(22)25-3/h5-8,10H,4,9H2,1-3H3,(H,17,18,19). The zero-order chi connectivity index (χ0) is 18.4. The molecule has 0 saturated carbocycles. The van der Waals surface area contributed by atoms with E-state index in [-0.39, 0.29) is 22.9 Å². The van der Waals surface area contributed by atoms with E-state index in [9.17, 15) is 14.9 Å². The number of para-hydroxylation sites is 1. The summed E-state index contributed by atoms with van der Waals surface area (Å²) in [5.74, 6) is -0.322. The van der Waals surface area contributed by atoms with Gasteiger partial charge in [0.2, 0.25) is 11.6 Å². The molecule has 9 heteroatoms. The lowest BCUT2D eigenvalue weighted by molar-refractivity contribution is -0.383. The quantitative estimate of drug-likeness (QED) is 0.463. The third-order valence-electron chi connectivity index (χ3n) is 3.52. The molecule has 0 aliphatic rings. The molecular formula is C16H19N5O4. The second kappa shape index (κ2) is 8.04. The summed E-state index contributed by atoms with van der Waals surface area (Å²) < 4.78 is 4.77. The molecule has 2 rings (SSSR count). The predicted molar refractivity (Wildman–Crippen MR) is 93.3 cm³/mol. The first-order valence-corrected chi connectivity index (χ1v) is 7.65. The second-order valence-corrected chi connectivity index (χ2v) is 5.15. The van der Waals surface area contributed by atoms with Crippen LogP contribution in [0.5, 0.6) is 0 Å².